The minimum absolute atomic E-state index is 0.482. The number of fused-ring (bicyclic) bond motifs is 1. The smallest absolute Gasteiger partial charge is 0.229 e. The fourth-order valence-corrected chi connectivity index (χ4v) is 4.02. The number of rotatable bonds is 5. The summed E-state index contributed by atoms with van der Waals surface area (Å²) in [5.41, 5.74) is 8.23. The molecule has 0 aliphatic carbocycles. The molecule has 0 fully saturated rings. The van der Waals surface area contributed by atoms with Gasteiger partial charge >= 0.3 is 0 Å². The Balaban J connectivity index is 1.41. The predicted octanol–water partition coefficient (Wildman–Crippen LogP) is 6.60. The van der Waals surface area contributed by atoms with Gasteiger partial charge in [0.1, 0.15) is 5.82 Å². The number of anilines is 4. The van der Waals surface area contributed by atoms with E-state index in [1.807, 2.05) is 24.4 Å². The molecule has 0 aliphatic heterocycles. The van der Waals surface area contributed by atoms with Gasteiger partial charge in [-0.25, -0.2) is 4.98 Å². The second-order valence-electron chi connectivity index (χ2n) is 7.94. The first kappa shape index (κ1) is 20.3. The zero-order chi connectivity index (χ0) is 22.8. The first-order valence-corrected chi connectivity index (χ1v) is 10.7. The summed E-state index contributed by atoms with van der Waals surface area (Å²) in [6.07, 6.45) is 3.69. The Morgan fingerprint density at radius 2 is 1.70 bits per heavy atom. The standard InChI is InChI=1S/C27H22N6/c1-17-14-21(23-5-3-4-20-10-12-29-26(20)23)15-18(2)25(17)32-24-11-13-30-27(33-24)31-22-8-6-19(16-28)7-9-22/h3-15,29H,1-2H3,(H2,30,31,32,33). The fraction of sp³-hybridized carbons (Fsp3) is 0.0741. The molecule has 33 heavy (non-hydrogen) atoms. The second kappa shape index (κ2) is 8.48. The van der Waals surface area contributed by atoms with E-state index in [0.29, 0.717) is 17.3 Å². The maximum Gasteiger partial charge on any atom is 0.229 e. The van der Waals surface area contributed by atoms with Gasteiger partial charge in [-0.3, -0.25) is 0 Å². The normalized spacial score (nSPS) is 10.7. The molecule has 6 nitrogen and oxygen atoms in total. The van der Waals surface area contributed by atoms with Crippen molar-refractivity contribution in [2.24, 2.45) is 0 Å². The Bertz CT molecular complexity index is 1470. The zero-order valence-corrected chi connectivity index (χ0v) is 18.3. The van der Waals surface area contributed by atoms with Crippen molar-refractivity contribution in [2.45, 2.75) is 13.8 Å². The molecule has 160 valence electrons. The van der Waals surface area contributed by atoms with E-state index in [0.717, 1.165) is 28.0 Å². The Morgan fingerprint density at radius 1 is 0.909 bits per heavy atom. The number of aromatic nitrogens is 3. The summed E-state index contributed by atoms with van der Waals surface area (Å²) in [6, 6.07) is 24.0. The number of H-pyrrole nitrogens is 1. The van der Waals surface area contributed by atoms with Crippen molar-refractivity contribution < 1.29 is 0 Å². The molecule has 3 aromatic carbocycles. The van der Waals surface area contributed by atoms with Crippen molar-refractivity contribution >= 4 is 34.0 Å². The molecule has 6 heteroatoms. The van der Waals surface area contributed by atoms with Crippen molar-refractivity contribution in [3.8, 4) is 17.2 Å². The van der Waals surface area contributed by atoms with Crippen LogP contribution in [-0.2, 0) is 0 Å². The quantitative estimate of drug-likeness (QED) is 0.292. The van der Waals surface area contributed by atoms with Crippen LogP contribution in [0.5, 0.6) is 0 Å². The minimum atomic E-state index is 0.482. The molecule has 0 radical (unpaired) electrons. The van der Waals surface area contributed by atoms with Crippen LogP contribution in [0, 0.1) is 25.2 Å². The molecular formula is C27H22N6. The number of benzene rings is 3. The van der Waals surface area contributed by atoms with E-state index >= 15 is 0 Å². The van der Waals surface area contributed by atoms with Crippen LogP contribution < -0.4 is 10.6 Å². The lowest BCUT2D eigenvalue weighted by atomic mass is 9.97. The number of hydrogen-bond acceptors (Lipinski definition) is 5. The molecule has 0 bridgehead atoms. The molecule has 5 aromatic rings. The van der Waals surface area contributed by atoms with Gasteiger partial charge in [0, 0.05) is 29.3 Å². The molecule has 0 amide bonds. The molecule has 0 spiro atoms. The topological polar surface area (TPSA) is 89.4 Å². The van der Waals surface area contributed by atoms with E-state index in [1.165, 1.54) is 16.5 Å². The van der Waals surface area contributed by atoms with Crippen molar-refractivity contribution in [3.05, 3.63) is 95.8 Å². The lowest BCUT2D eigenvalue weighted by Crippen LogP contribution is -2.02. The van der Waals surface area contributed by atoms with Gasteiger partial charge in [0.05, 0.1) is 17.1 Å². The van der Waals surface area contributed by atoms with Crippen LogP contribution in [-0.4, -0.2) is 15.0 Å². The average molecular weight is 431 g/mol. The van der Waals surface area contributed by atoms with Crippen LogP contribution in [0.25, 0.3) is 22.0 Å². The van der Waals surface area contributed by atoms with Crippen LogP contribution >= 0.6 is 0 Å². The van der Waals surface area contributed by atoms with Gasteiger partial charge in [-0.1, -0.05) is 18.2 Å². The van der Waals surface area contributed by atoms with Crippen molar-refractivity contribution in [3.63, 3.8) is 0 Å². The van der Waals surface area contributed by atoms with Crippen molar-refractivity contribution in [2.75, 3.05) is 10.6 Å². The fourth-order valence-electron chi connectivity index (χ4n) is 4.02. The first-order valence-electron chi connectivity index (χ1n) is 10.7. The lowest BCUT2D eigenvalue weighted by Gasteiger charge is -2.15. The second-order valence-corrected chi connectivity index (χ2v) is 7.94. The van der Waals surface area contributed by atoms with E-state index in [-0.39, 0.29) is 0 Å². The maximum absolute atomic E-state index is 8.95. The maximum atomic E-state index is 8.95. The van der Waals surface area contributed by atoms with Gasteiger partial charge in [-0.15, -0.1) is 0 Å². The van der Waals surface area contributed by atoms with Gasteiger partial charge in [0.15, 0.2) is 0 Å². The van der Waals surface area contributed by atoms with Crippen molar-refractivity contribution in [1.29, 1.82) is 5.26 Å². The summed E-state index contributed by atoms with van der Waals surface area (Å²) in [5.74, 6) is 1.18. The number of aromatic amines is 1. The third-order valence-corrected chi connectivity index (χ3v) is 5.61. The largest absolute Gasteiger partial charge is 0.361 e. The number of nitrogens with zero attached hydrogens (tertiary/aromatic N) is 3. The van der Waals surface area contributed by atoms with Crippen LogP contribution in [0.1, 0.15) is 16.7 Å². The first-order chi connectivity index (χ1) is 16.1. The Labute approximate surface area is 192 Å². The van der Waals surface area contributed by atoms with E-state index in [1.54, 1.807) is 18.3 Å². The van der Waals surface area contributed by atoms with E-state index in [2.05, 4.69) is 81.9 Å². The molecule has 0 aliphatic rings. The van der Waals surface area contributed by atoms with Gasteiger partial charge in [0.2, 0.25) is 5.95 Å². The van der Waals surface area contributed by atoms with Gasteiger partial charge in [0.25, 0.3) is 0 Å². The molecule has 2 aromatic heterocycles. The number of hydrogen-bond donors (Lipinski definition) is 3. The van der Waals surface area contributed by atoms with E-state index < -0.39 is 0 Å². The number of para-hydroxylation sites is 1. The monoisotopic (exact) mass is 430 g/mol. The molecule has 5 rings (SSSR count). The van der Waals surface area contributed by atoms with Gasteiger partial charge in [-0.05, 0) is 84.5 Å². The minimum Gasteiger partial charge on any atom is -0.361 e. The average Bonchev–Trinajstić information content (AvgIpc) is 3.31. The molecule has 0 atom stereocenters. The number of nitriles is 1. The highest BCUT2D eigenvalue weighted by Gasteiger charge is 2.11. The van der Waals surface area contributed by atoms with E-state index in [4.69, 9.17) is 5.26 Å². The van der Waals surface area contributed by atoms with Crippen LogP contribution in [0.15, 0.2) is 79.1 Å². The Morgan fingerprint density at radius 3 is 2.45 bits per heavy atom. The molecule has 3 N–H and O–H groups in total. The predicted molar refractivity (Wildman–Crippen MR) is 133 cm³/mol. The summed E-state index contributed by atoms with van der Waals surface area (Å²) in [7, 11) is 0. The molecule has 0 unspecified atom stereocenters. The Kier molecular flexibility index (Phi) is 5.21. The molecular weight excluding hydrogens is 408 g/mol. The third-order valence-electron chi connectivity index (χ3n) is 5.61. The van der Waals surface area contributed by atoms with Crippen LogP contribution in [0.2, 0.25) is 0 Å². The summed E-state index contributed by atoms with van der Waals surface area (Å²) >= 11 is 0. The lowest BCUT2D eigenvalue weighted by molar-refractivity contribution is 1.16. The van der Waals surface area contributed by atoms with Gasteiger partial charge < -0.3 is 15.6 Å². The summed E-state index contributed by atoms with van der Waals surface area (Å²) in [6.45, 7) is 4.20. The van der Waals surface area contributed by atoms with E-state index in [9.17, 15) is 0 Å². The highest BCUT2D eigenvalue weighted by atomic mass is 15.1. The van der Waals surface area contributed by atoms with Crippen LogP contribution in [0.4, 0.5) is 23.1 Å². The Hall–Kier alpha value is -4.63. The number of nitrogens with one attached hydrogen (secondary N) is 3. The molecule has 0 saturated heterocycles. The number of aryl methyl sites for hydroxylation is 2. The summed E-state index contributed by atoms with van der Waals surface area (Å²) in [4.78, 5) is 12.3. The highest BCUT2D eigenvalue weighted by molar-refractivity contribution is 5.94. The van der Waals surface area contributed by atoms with Crippen molar-refractivity contribution in [1.82, 2.24) is 15.0 Å². The molecule has 0 saturated carbocycles. The molecule has 2 heterocycles. The zero-order valence-electron chi connectivity index (χ0n) is 18.3. The SMILES string of the molecule is Cc1cc(-c2cccc3cc[nH]c23)cc(C)c1Nc1ccnc(Nc2ccc(C#N)cc2)n1. The summed E-state index contributed by atoms with van der Waals surface area (Å²) < 4.78 is 0. The highest BCUT2D eigenvalue weighted by Crippen LogP contribution is 2.33. The van der Waals surface area contributed by atoms with Crippen LogP contribution in [0.3, 0.4) is 0 Å². The van der Waals surface area contributed by atoms with Gasteiger partial charge in [-0.2, -0.15) is 10.2 Å². The third kappa shape index (κ3) is 4.12. The summed E-state index contributed by atoms with van der Waals surface area (Å²) in [5, 5.41) is 16.8.